The molecule has 5 rings (SSSR count). The molecule has 2 N–H and O–H groups in total. The lowest BCUT2D eigenvalue weighted by molar-refractivity contribution is 0.174. The minimum absolute atomic E-state index is 0.195. The molecule has 12 heteroatoms. The topological polar surface area (TPSA) is 120 Å². The largest absolute Gasteiger partial charge is 0.454 e. The molecular formula is C18H11BrClN7O3. The van der Waals surface area contributed by atoms with Crippen molar-refractivity contribution in [1.82, 2.24) is 20.3 Å². The number of ether oxygens (including phenoxy) is 2. The van der Waals surface area contributed by atoms with Gasteiger partial charge in [0.2, 0.25) is 18.1 Å². The van der Waals surface area contributed by atoms with E-state index in [1.54, 1.807) is 18.3 Å². The van der Waals surface area contributed by atoms with Gasteiger partial charge in [-0.25, -0.2) is 9.61 Å². The van der Waals surface area contributed by atoms with Gasteiger partial charge in [0, 0.05) is 20.7 Å². The molecule has 2 aromatic carbocycles. The maximum atomic E-state index is 6.06. The number of fused-ring (bicyclic) bond motifs is 2. The molecule has 0 aliphatic carbocycles. The minimum Gasteiger partial charge on any atom is -0.454 e. The summed E-state index contributed by atoms with van der Waals surface area (Å²) in [5.74, 6) is 2.03. The molecular weight excluding hydrogens is 478 g/mol. The third kappa shape index (κ3) is 3.72. The first-order valence-corrected chi connectivity index (χ1v) is 9.74. The Morgan fingerprint density at radius 3 is 2.60 bits per heavy atom. The quantitative estimate of drug-likeness (QED) is 0.312. The van der Waals surface area contributed by atoms with Crippen molar-refractivity contribution in [2.45, 2.75) is 0 Å². The lowest BCUT2D eigenvalue weighted by atomic mass is 10.2. The summed E-state index contributed by atoms with van der Waals surface area (Å²) in [6.45, 7) is 0.195. The zero-order valence-corrected chi connectivity index (χ0v) is 17.3. The average Bonchev–Trinajstić information content (AvgIpc) is 3.36. The number of halogens is 2. The van der Waals surface area contributed by atoms with Crippen molar-refractivity contribution in [3.05, 3.63) is 51.5 Å². The predicted octanol–water partition coefficient (Wildman–Crippen LogP) is 4.35. The van der Waals surface area contributed by atoms with Crippen LogP contribution in [0.4, 0.5) is 17.3 Å². The van der Waals surface area contributed by atoms with E-state index in [1.165, 1.54) is 0 Å². The summed E-state index contributed by atoms with van der Waals surface area (Å²) < 4.78 is 16.3. The van der Waals surface area contributed by atoms with Crippen molar-refractivity contribution >= 4 is 62.4 Å². The highest BCUT2D eigenvalue weighted by molar-refractivity contribution is 9.10. The van der Waals surface area contributed by atoms with Crippen molar-refractivity contribution < 1.29 is 14.1 Å². The Kier molecular flexibility index (Phi) is 4.81. The predicted molar refractivity (Wildman–Crippen MR) is 114 cm³/mol. The fourth-order valence-electron chi connectivity index (χ4n) is 2.70. The van der Waals surface area contributed by atoms with E-state index >= 15 is 0 Å². The summed E-state index contributed by atoms with van der Waals surface area (Å²) in [5.41, 5.74) is 4.88. The Labute approximate surface area is 182 Å². The van der Waals surface area contributed by atoms with E-state index < -0.39 is 0 Å². The summed E-state index contributed by atoms with van der Waals surface area (Å²) in [4.78, 5) is 8.74. The molecule has 0 spiro atoms. The monoisotopic (exact) mass is 487 g/mol. The van der Waals surface area contributed by atoms with Crippen LogP contribution in [0.15, 0.2) is 50.6 Å². The number of rotatable bonds is 5. The number of anilines is 3. The van der Waals surface area contributed by atoms with Crippen LogP contribution < -0.4 is 20.2 Å². The number of aromatic nitrogens is 4. The Morgan fingerprint density at radius 2 is 1.80 bits per heavy atom. The molecule has 3 heterocycles. The molecule has 0 atom stereocenters. The van der Waals surface area contributed by atoms with E-state index in [0.717, 1.165) is 15.7 Å². The maximum Gasteiger partial charge on any atom is 0.245 e. The Morgan fingerprint density at radius 1 is 1.03 bits per heavy atom. The first-order valence-electron chi connectivity index (χ1n) is 8.57. The van der Waals surface area contributed by atoms with Crippen molar-refractivity contribution in [2.24, 2.45) is 5.10 Å². The number of benzene rings is 2. The third-order valence-corrected chi connectivity index (χ3v) is 4.99. The molecule has 1 aliphatic rings. The van der Waals surface area contributed by atoms with E-state index in [4.69, 9.17) is 25.7 Å². The maximum absolute atomic E-state index is 6.06. The number of hydrogen-bond acceptors (Lipinski definition) is 10. The molecule has 0 saturated heterocycles. The lowest BCUT2D eigenvalue weighted by Gasteiger charge is -2.09. The van der Waals surface area contributed by atoms with E-state index in [1.807, 2.05) is 24.3 Å². The fraction of sp³-hybridized carbons (Fsp3) is 0.0556. The van der Waals surface area contributed by atoms with Gasteiger partial charge in [-0.1, -0.05) is 17.7 Å². The minimum atomic E-state index is 0.195. The van der Waals surface area contributed by atoms with Gasteiger partial charge in [-0.05, 0) is 56.6 Å². The average molecular weight is 489 g/mol. The number of hydrogen-bond donors (Lipinski definition) is 2. The van der Waals surface area contributed by atoms with Gasteiger partial charge in [0.15, 0.2) is 23.1 Å². The highest BCUT2D eigenvalue weighted by Gasteiger charge is 2.16. The second kappa shape index (κ2) is 7.76. The summed E-state index contributed by atoms with van der Waals surface area (Å²) in [6.07, 6.45) is 1.61. The van der Waals surface area contributed by atoms with Gasteiger partial charge < -0.3 is 14.8 Å². The second-order valence-electron chi connectivity index (χ2n) is 6.06. The first kappa shape index (κ1) is 18.6. The van der Waals surface area contributed by atoms with Gasteiger partial charge in [-0.2, -0.15) is 10.1 Å². The SMILES string of the molecule is Clc1cccc(Nc2nc3nonc3nc2N/N=C\c2cc3c(cc2Br)OCO3)c1. The second-order valence-corrected chi connectivity index (χ2v) is 7.36. The molecule has 10 nitrogen and oxygen atoms in total. The summed E-state index contributed by atoms with van der Waals surface area (Å²) >= 11 is 9.55. The van der Waals surface area contributed by atoms with E-state index in [9.17, 15) is 0 Å². The Balaban J connectivity index is 1.44. The molecule has 150 valence electrons. The number of hydrazone groups is 1. The molecule has 0 saturated carbocycles. The van der Waals surface area contributed by atoms with E-state index in [2.05, 4.69) is 52.1 Å². The molecule has 0 unspecified atom stereocenters. The number of nitrogens with one attached hydrogen (secondary N) is 2. The lowest BCUT2D eigenvalue weighted by Crippen LogP contribution is -2.03. The molecule has 1 aliphatic heterocycles. The Hall–Kier alpha value is -3.44. The van der Waals surface area contributed by atoms with Gasteiger partial charge in [0.1, 0.15) is 0 Å². The summed E-state index contributed by atoms with van der Waals surface area (Å²) in [5, 5.41) is 15.4. The van der Waals surface area contributed by atoms with Crippen LogP contribution in [0.25, 0.3) is 11.3 Å². The zero-order valence-electron chi connectivity index (χ0n) is 15.0. The van der Waals surface area contributed by atoms with Crippen molar-refractivity contribution in [1.29, 1.82) is 0 Å². The van der Waals surface area contributed by atoms with Crippen LogP contribution in [0.5, 0.6) is 11.5 Å². The van der Waals surface area contributed by atoms with Crippen LogP contribution in [0.1, 0.15) is 5.56 Å². The summed E-state index contributed by atoms with van der Waals surface area (Å²) in [7, 11) is 0. The number of nitrogens with zero attached hydrogens (tertiary/aromatic N) is 5. The normalized spacial score (nSPS) is 12.6. The summed E-state index contributed by atoms with van der Waals surface area (Å²) in [6, 6.07) is 10.8. The molecule has 4 aromatic rings. The van der Waals surface area contributed by atoms with Crippen molar-refractivity contribution in [3.8, 4) is 11.5 Å². The van der Waals surface area contributed by atoms with E-state index in [0.29, 0.717) is 28.2 Å². The van der Waals surface area contributed by atoms with Crippen LogP contribution >= 0.6 is 27.5 Å². The van der Waals surface area contributed by atoms with Crippen molar-refractivity contribution in [2.75, 3.05) is 17.5 Å². The highest BCUT2D eigenvalue weighted by atomic mass is 79.9. The molecule has 0 amide bonds. The van der Waals surface area contributed by atoms with E-state index in [-0.39, 0.29) is 18.1 Å². The zero-order chi connectivity index (χ0) is 20.5. The van der Waals surface area contributed by atoms with Crippen LogP contribution in [0.3, 0.4) is 0 Å². The van der Waals surface area contributed by atoms with Gasteiger partial charge in [0.05, 0.1) is 6.21 Å². The van der Waals surface area contributed by atoms with Gasteiger partial charge >= 0.3 is 0 Å². The van der Waals surface area contributed by atoms with Gasteiger partial charge in [-0.15, -0.1) is 0 Å². The third-order valence-electron chi connectivity index (χ3n) is 4.07. The van der Waals surface area contributed by atoms with Crippen molar-refractivity contribution in [3.63, 3.8) is 0 Å². The highest BCUT2D eigenvalue weighted by Crippen LogP contribution is 2.36. The van der Waals surface area contributed by atoms with Gasteiger partial charge in [-0.3, -0.25) is 5.43 Å². The molecule has 0 radical (unpaired) electrons. The fourth-order valence-corrected chi connectivity index (χ4v) is 3.32. The molecule has 0 bridgehead atoms. The van der Waals surface area contributed by atoms with Crippen LogP contribution in [0, 0.1) is 0 Å². The molecule has 30 heavy (non-hydrogen) atoms. The standard InChI is InChI=1S/C18H11BrClN7O3/c19-12-6-14-13(28-8-29-14)4-9(12)7-21-25-16-15(22-11-3-1-2-10(20)5-11)23-17-18(24-16)27-30-26-17/h1-7H,8H2,(H,22,23,26)(H,24,25,27)/b21-7-. The first-order chi connectivity index (χ1) is 14.7. The molecule has 2 aromatic heterocycles. The van der Waals surface area contributed by atoms with Crippen LogP contribution in [-0.4, -0.2) is 33.3 Å². The Bertz CT molecular complexity index is 1280. The molecule has 0 fully saturated rings. The van der Waals surface area contributed by atoms with Crippen LogP contribution in [0.2, 0.25) is 5.02 Å². The smallest absolute Gasteiger partial charge is 0.245 e. The van der Waals surface area contributed by atoms with Gasteiger partial charge in [0.25, 0.3) is 0 Å². The van der Waals surface area contributed by atoms with Crippen LogP contribution in [-0.2, 0) is 0 Å².